The maximum atomic E-state index is 13.1. The maximum Gasteiger partial charge on any atom is 0.416 e. The van der Waals surface area contributed by atoms with Crippen LogP contribution in [0.2, 0.25) is 0 Å². The molecule has 1 aliphatic heterocycles. The van der Waals surface area contributed by atoms with Gasteiger partial charge in [0.05, 0.1) is 22.6 Å². The quantitative estimate of drug-likeness (QED) is 0.636. The molecular formula is C17H24F3N3O2S. The molecule has 0 unspecified atom stereocenters. The van der Waals surface area contributed by atoms with E-state index in [1.165, 1.54) is 12.1 Å². The van der Waals surface area contributed by atoms with Gasteiger partial charge >= 0.3 is 6.18 Å². The Morgan fingerprint density at radius 3 is 2.54 bits per heavy atom. The van der Waals surface area contributed by atoms with Crippen LogP contribution in [0.4, 0.5) is 13.2 Å². The van der Waals surface area contributed by atoms with Crippen LogP contribution in [0.3, 0.4) is 0 Å². The third-order valence-electron chi connectivity index (χ3n) is 4.40. The number of halogens is 3. The van der Waals surface area contributed by atoms with E-state index in [2.05, 4.69) is 10.3 Å². The molecule has 0 aromatic heterocycles. The Kier molecular flexibility index (Phi) is 5.89. The Morgan fingerprint density at radius 1 is 1.31 bits per heavy atom. The Balaban J connectivity index is 2.26. The fourth-order valence-electron chi connectivity index (χ4n) is 2.85. The van der Waals surface area contributed by atoms with E-state index in [-0.39, 0.29) is 31.0 Å². The van der Waals surface area contributed by atoms with Gasteiger partial charge in [0.2, 0.25) is 0 Å². The Morgan fingerprint density at radius 2 is 1.96 bits per heavy atom. The van der Waals surface area contributed by atoms with Gasteiger partial charge in [0.1, 0.15) is 0 Å². The summed E-state index contributed by atoms with van der Waals surface area (Å²) in [5.74, 6) is 0.413. The van der Waals surface area contributed by atoms with Gasteiger partial charge in [-0.25, -0.2) is 13.4 Å². The van der Waals surface area contributed by atoms with Crippen LogP contribution >= 0.6 is 0 Å². The van der Waals surface area contributed by atoms with E-state index >= 15 is 0 Å². The number of rotatable bonds is 3. The molecule has 0 saturated carbocycles. The molecule has 0 bridgehead atoms. The van der Waals surface area contributed by atoms with Crippen molar-refractivity contribution in [2.24, 2.45) is 4.99 Å². The van der Waals surface area contributed by atoms with Crippen molar-refractivity contribution in [1.82, 2.24) is 10.2 Å². The number of hydrogen-bond acceptors (Lipinski definition) is 3. The van der Waals surface area contributed by atoms with E-state index in [0.29, 0.717) is 12.5 Å². The van der Waals surface area contributed by atoms with Crippen molar-refractivity contribution in [1.29, 1.82) is 0 Å². The minimum Gasteiger partial charge on any atom is -0.357 e. The zero-order valence-electron chi connectivity index (χ0n) is 15.1. The number of guanidine groups is 1. The Bertz CT molecular complexity index is 774. The number of aliphatic imine (C=N–C) groups is 1. The summed E-state index contributed by atoms with van der Waals surface area (Å²) in [6, 6.07) is 5.33. The number of nitrogens with one attached hydrogen (secondary N) is 1. The molecule has 1 fully saturated rings. The average molecular weight is 391 g/mol. The van der Waals surface area contributed by atoms with Crippen molar-refractivity contribution < 1.29 is 21.6 Å². The van der Waals surface area contributed by atoms with Gasteiger partial charge < -0.3 is 10.2 Å². The zero-order valence-corrected chi connectivity index (χ0v) is 15.9. The highest BCUT2D eigenvalue weighted by Gasteiger charge is 2.41. The molecule has 26 heavy (non-hydrogen) atoms. The highest BCUT2D eigenvalue weighted by molar-refractivity contribution is 7.92. The van der Waals surface area contributed by atoms with Gasteiger partial charge in [-0.3, -0.25) is 0 Å². The van der Waals surface area contributed by atoms with Gasteiger partial charge in [0.15, 0.2) is 15.8 Å². The van der Waals surface area contributed by atoms with Gasteiger partial charge in [-0.15, -0.1) is 0 Å². The van der Waals surface area contributed by atoms with Crippen LogP contribution < -0.4 is 5.32 Å². The van der Waals surface area contributed by atoms with Crippen molar-refractivity contribution in [2.45, 2.75) is 38.2 Å². The molecule has 9 heteroatoms. The van der Waals surface area contributed by atoms with E-state index in [1.54, 1.807) is 24.8 Å². The van der Waals surface area contributed by atoms with E-state index in [0.717, 1.165) is 6.07 Å². The second-order valence-electron chi connectivity index (χ2n) is 6.83. The lowest BCUT2D eigenvalue weighted by molar-refractivity contribution is -0.138. The average Bonchev–Trinajstić information content (AvgIpc) is 2.53. The maximum absolute atomic E-state index is 13.1. The van der Waals surface area contributed by atoms with Crippen LogP contribution in [0.25, 0.3) is 0 Å². The van der Waals surface area contributed by atoms with Crippen molar-refractivity contribution in [3.63, 3.8) is 0 Å². The molecule has 1 aromatic rings. The molecule has 2 rings (SSSR count). The molecule has 1 saturated heterocycles. The summed E-state index contributed by atoms with van der Waals surface area (Å²) in [4.78, 5) is 6.12. The smallest absolute Gasteiger partial charge is 0.357 e. The molecule has 1 heterocycles. The highest BCUT2D eigenvalue weighted by atomic mass is 32.2. The van der Waals surface area contributed by atoms with Crippen LogP contribution in [0.1, 0.15) is 31.9 Å². The predicted molar refractivity (Wildman–Crippen MR) is 95.7 cm³/mol. The van der Waals surface area contributed by atoms with Crippen molar-refractivity contribution in [2.75, 3.05) is 25.4 Å². The largest absolute Gasteiger partial charge is 0.416 e. The third kappa shape index (κ3) is 4.49. The lowest BCUT2D eigenvalue weighted by atomic mass is 10.1. The van der Waals surface area contributed by atoms with Crippen LogP contribution in [0, 0.1) is 0 Å². The molecule has 0 amide bonds. The number of sulfone groups is 1. The molecule has 1 N–H and O–H groups in total. The van der Waals surface area contributed by atoms with E-state index in [4.69, 9.17) is 0 Å². The van der Waals surface area contributed by atoms with E-state index in [9.17, 15) is 21.6 Å². The summed E-state index contributed by atoms with van der Waals surface area (Å²) in [5, 5.41) is 3.05. The number of alkyl halides is 3. The zero-order chi connectivity index (χ0) is 19.6. The first kappa shape index (κ1) is 20.5. The SMILES string of the molecule is CCNC(=NCc1ccccc1C(F)(F)F)N1CCS(=O)(=O)C(C)(C)C1. The first-order valence-electron chi connectivity index (χ1n) is 8.38. The minimum atomic E-state index is -4.44. The first-order chi connectivity index (χ1) is 12.0. The lowest BCUT2D eigenvalue weighted by Crippen LogP contribution is -2.57. The van der Waals surface area contributed by atoms with Gasteiger partial charge in [-0.05, 0) is 32.4 Å². The fraction of sp³-hybridized carbons (Fsp3) is 0.588. The Hall–Kier alpha value is -1.77. The fourth-order valence-corrected chi connectivity index (χ4v) is 4.21. The summed E-state index contributed by atoms with van der Waals surface area (Å²) in [5.41, 5.74) is -0.625. The molecule has 146 valence electrons. The van der Waals surface area contributed by atoms with Gasteiger partial charge in [-0.1, -0.05) is 18.2 Å². The number of hydrogen-bond donors (Lipinski definition) is 1. The molecule has 0 spiro atoms. The number of nitrogens with zero attached hydrogens (tertiary/aromatic N) is 2. The van der Waals surface area contributed by atoms with Crippen molar-refractivity contribution in [3.05, 3.63) is 35.4 Å². The standard InChI is InChI=1S/C17H24F3N3O2S/c1-4-21-15(23-9-10-26(24,25)16(2,3)12-23)22-11-13-7-5-6-8-14(13)17(18,19)20/h5-8H,4,9-12H2,1-3H3,(H,21,22). The molecule has 5 nitrogen and oxygen atoms in total. The summed E-state index contributed by atoms with van der Waals surface area (Å²) in [6.45, 7) is 6.05. The van der Waals surface area contributed by atoms with Gasteiger partial charge in [0.25, 0.3) is 0 Å². The third-order valence-corrected chi connectivity index (χ3v) is 6.93. The Labute approximate surface area is 152 Å². The highest BCUT2D eigenvalue weighted by Crippen LogP contribution is 2.32. The monoisotopic (exact) mass is 391 g/mol. The summed E-state index contributed by atoms with van der Waals surface area (Å²) < 4.78 is 62.7. The van der Waals surface area contributed by atoms with E-state index in [1.807, 2.05) is 6.92 Å². The molecule has 1 aromatic carbocycles. The van der Waals surface area contributed by atoms with E-state index < -0.39 is 26.3 Å². The molecule has 0 aliphatic carbocycles. The molecule has 1 aliphatic rings. The summed E-state index contributed by atoms with van der Waals surface area (Å²) in [6.07, 6.45) is -4.44. The topological polar surface area (TPSA) is 61.8 Å². The summed E-state index contributed by atoms with van der Waals surface area (Å²) in [7, 11) is -3.21. The van der Waals surface area contributed by atoms with Gasteiger partial charge in [0, 0.05) is 19.6 Å². The molecule has 0 radical (unpaired) electrons. The first-order valence-corrected chi connectivity index (χ1v) is 10.0. The second-order valence-corrected chi connectivity index (χ2v) is 9.57. The lowest BCUT2D eigenvalue weighted by Gasteiger charge is -2.39. The number of benzene rings is 1. The second kappa shape index (κ2) is 7.46. The van der Waals surface area contributed by atoms with Crippen molar-refractivity contribution in [3.8, 4) is 0 Å². The van der Waals surface area contributed by atoms with Crippen LogP contribution in [0.15, 0.2) is 29.3 Å². The van der Waals surface area contributed by atoms with Crippen molar-refractivity contribution >= 4 is 15.8 Å². The molecule has 0 atom stereocenters. The van der Waals surface area contributed by atoms with Crippen LogP contribution in [0.5, 0.6) is 0 Å². The minimum absolute atomic E-state index is 0.0104. The predicted octanol–water partition coefficient (Wildman–Crippen LogP) is 2.68. The van der Waals surface area contributed by atoms with Crippen LogP contribution in [-0.2, 0) is 22.6 Å². The normalized spacial score (nSPS) is 20.1. The summed E-state index contributed by atoms with van der Waals surface area (Å²) >= 11 is 0. The van der Waals surface area contributed by atoms with Crippen LogP contribution in [-0.4, -0.2) is 49.4 Å². The molecular weight excluding hydrogens is 367 g/mol. The van der Waals surface area contributed by atoms with Gasteiger partial charge in [-0.2, -0.15) is 13.2 Å².